The van der Waals surface area contributed by atoms with Gasteiger partial charge in [-0.25, -0.2) is 0 Å². The van der Waals surface area contributed by atoms with E-state index in [1.165, 1.54) is 24.3 Å². The number of hydrogen-bond donors (Lipinski definition) is 1. The van der Waals surface area contributed by atoms with Gasteiger partial charge in [-0.15, -0.1) is 0 Å². The Morgan fingerprint density at radius 1 is 1.33 bits per heavy atom. The van der Waals surface area contributed by atoms with E-state index in [2.05, 4.69) is 4.98 Å². The van der Waals surface area contributed by atoms with Crippen LogP contribution in [-0.4, -0.2) is 5.11 Å². The quantitative estimate of drug-likeness (QED) is 0.551. The average molecular weight is 197 g/mol. The molecule has 1 N–H and O–H groups in total. The van der Waals surface area contributed by atoms with Gasteiger partial charge < -0.3 is 5.11 Å². The number of phenolic OH excluding ortho intramolecular Hbond substituents is 1. The molecule has 0 aliphatic rings. The van der Waals surface area contributed by atoms with Crippen molar-refractivity contribution >= 4 is 11.8 Å². The van der Waals surface area contributed by atoms with Gasteiger partial charge in [0.25, 0.3) is 0 Å². The molecule has 0 saturated carbocycles. The first-order valence-electron chi connectivity index (χ1n) is 3.91. The lowest BCUT2D eigenvalue weighted by molar-refractivity contribution is 0.478. The van der Waals surface area contributed by atoms with Gasteiger partial charge in [0.2, 0.25) is 11.1 Å². The molecule has 5 heteroatoms. The van der Waals surface area contributed by atoms with E-state index in [4.69, 9.17) is 15.9 Å². The summed E-state index contributed by atoms with van der Waals surface area (Å²) < 4.78 is 0. The van der Waals surface area contributed by atoms with Crippen LogP contribution in [0.15, 0.2) is 23.8 Å². The molecule has 0 aliphatic carbocycles. The lowest BCUT2D eigenvalue weighted by atomic mass is 10.1. The van der Waals surface area contributed by atoms with Crippen LogP contribution in [-0.2, 0) is 0 Å². The monoisotopic (exact) mass is 197 g/mol. The van der Waals surface area contributed by atoms with Gasteiger partial charge >= 0.3 is 5.69 Å². The summed E-state index contributed by atoms with van der Waals surface area (Å²) in [6, 6.07) is 7.57. The molecule has 0 atom stereocenters. The third kappa shape index (κ3) is 2.30. The van der Waals surface area contributed by atoms with E-state index in [9.17, 15) is 5.11 Å². The fourth-order valence-electron chi connectivity index (χ4n) is 0.971. The molecular formula is C10H5N4O+. The molecule has 0 heterocycles. The van der Waals surface area contributed by atoms with Crippen molar-refractivity contribution in [3.8, 4) is 17.9 Å². The predicted octanol–water partition coefficient (Wildman–Crippen LogP) is 2.31. The van der Waals surface area contributed by atoms with Crippen LogP contribution in [0.3, 0.4) is 0 Å². The Balaban J connectivity index is 3.18. The first-order chi connectivity index (χ1) is 7.21. The molecule has 0 radical (unpaired) electrons. The minimum atomic E-state index is -0.221. The number of diazo groups is 1. The van der Waals surface area contributed by atoms with E-state index in [0.717, 1.165) is 0 Å². The number of hydrogen-bond acceptors (Lipinski definition) is 4. The van der Waals surface area contributed by atoms with Crippen molar-refractivity contribution in [2.45, 2.75) is 0 Å². The standard InChI is InChI=1S/C10H4N4O/c11-5-8(6-12)3-7-1-2-9(14-13)10(15)4-7/h1-4H/p+1. The zero-order valence-electron chi connectivity index (χ0n) is 7.55. The lowest BCUT2D eigenvalue weighted by Gasteiger charge is -1.91. The highest BCUT2D eigenvalue weighted by Gasteiger charge is 2.11. The van der Waals surface area contributed by atoms with E-state index < -0.39 is 0 Å². The number of benzene rings is 1. The number of rotatable bonds is 1. The summed E-state index contributed by atoms with van der Waals surface area (Å²) in [5.74, 6) is -0.221. The molecule has 0 saturated heterocycles. The maximum absolute atomic E-state index is 9.30. The minimum absolute atomic E-state index is 0.0302. The van der Waals surface area contributed by atoms with Gasteiger partial charge in [0.1, 0.15) is 17.7 Å². The summed E-state index contributed by atoms with van der Waals surface area (Å²) in [7, 11) is 0. The van der Waals surface area contributed by atoms with Crippen LogP contribution < -0.4 is 0 Å². The summed E-state index contributed by atoms with van der Waals surface area (Å²) in [6.07, 6.45) is 1.32. The highest BCUT2D eigenvalue weighted by Crippen LogP contribution is 2.27. The van der Waals surface area contributed by atoms with Crippen molar-refractivity contribution in [2.75, 3.05) is 0 Å². The predicted molar refractivity (Wildman–Crippen MR) is 52.1 cm³/mol. The fourth-order valence-corrected chi connectivity index (χ4v) is 0.971. The molecule has 0 bridgehead atoms. The highest BCUT2D eigenvalue weighted by molar-refractivity contribution is 5.67. The van der Waals surface area contributed by atoms with Crippen molar-refractivity contribution in [1.82, 2.24) is 0 Å². The Hall–Kier alpha value is -2.84. The van der Waals surface area contributed by atoms with E-state index in [1.807, 2.05) is 0 Å². The number of aromatic hydroxyl groups is 1. The van der Waals surface area contributed by atoms with Crippen molar-refractivity contribution in [2.24, 2.45) is 0 Å². The second-order valence-corrected chi connectivity index (χ2v) is 2.63. The number of phenols is 1. The zero-order valence-corrected chi connectivity index (χ0v) is 7.55. The third-order valence-corrected chi connectivity index (χ3v) is 1.66. The van der Waals surface area contributed by atoms with Crippen LogP contribution in [0, 0.1) is 28.1 Å². The summed E-state index contributed by atoms with van der Waals surface area (Å²) in [6.45, 7) is 0. The van der Waals surface area contributed by atoms with Crippen molar-refractivity contribution < 1.29 is 5.11 Å². The Morgan fingerprint density at radius 2 is 2.00 bits per heavy atom. The Kier molecular flexibility index (Phi) is 3.01. The first-order valence-corrected chi connectivity index (χ1v) is 3.91. The second-order valence-electron chi connectivity index (χ2n) is 2.63. The molecule has 0 amide bonds. The second kappa shape index (κ2) is 4.41. The van der Waals surface area contributed by atoms with Crippen molar-refractivity contribution in [1.29, 1.82) is 15.9 Å². The summed E-state index contributed by atoms with van der Waals surface area (Å²) >= 11 is 0. The van der Waals surface area contributed by atoms with E-state index >= 15 is 0 Å². The van der Waals surface area contributed by atoms with E-state index in [0.29, 0.717) is 5.56 Å². The van der Waals surface area contributed by atoms with E-state index in [1.54, 1.807) is 12.1 Å². The fraction of sp³-hybridized carbons (Fsp3) is 0. The van der Waals surface area contributed by atoms with Crippen molar-refractivity contribution in [3.63, 3.8) is 0 Å². The summed E-state index contributed by atoms with van der Waals surface area (Å²) in [5, 5.41) is 34.7. The number of nitrogens with zero attached hydrogens (tertiary/aromatic N) is 4. The normalized spacial score (nSPS) is 8.07. The summed E-state index contributed by atoms with van der Waals surface area (Å²) in [4.78, 5) is 2.83. The van der Waals surface area contributed by atoms with Gasteiger partial charge in [0.15, 0.2) is 4.98 Å². The van der Waals surface area contributed by atoms with Crippen molar-refractivity contribution in [3.05, 3.63) is 34.3 Å². The van der Waals surface area contributed by atoms with Crippen LogP contribution in [0.5, 0.6) is 5.75 Å². The SMILES string of the molecule is N#CC(C#N)=Cc1ccc([N+]#N)c(O)c1. The number of allylic oxidation sites excluding steroid dienone is 1. The smallest absolute Gasteiger partial charge is 0.426 e. The maximum atomic E-state index is 9.30. The molecule has 1 aromatic carbocycles. The van der Waals surface area contributed by atoms with Gasteiger partial charge in [0.05, 0.1) is 0 Å². The lowest BCUT2D eigenvalue weighted by Crippen LogP contribution is -1.76. The van der Waals surface area contributed by atoms with Crippen LogP contribution >= 0.6 is 0 Å². The van der Waals surface area contributed by atoms with Crippen LogP contribution in [0.2, 0.25) is 0 Å². The van der Waals surface area contributed by atoms with Crippen LogP contribution in [0.25, 0.3) is 11.1 Å². The Labute approximate surface area is 85.7 Å². The molecule has 0 aliphatic heterocycles. The van der Waals surface area contributed by atoms with Gasteiger partial charge in [-0.05, 0) is 23.8 Å². The molecule has 0 unspecified atom stereocenters. The molecule has 0 spiro atoms. The van der Waals surface area contributed by atoms with Gasteiger partial charge in [-0.2, -0.15) is 10.5 Å². The molecule has 1 aromatic rings. The minimum Gasteiger partial charge on any atom is -0.501 e. The summed E-state index contributed by atoms with van der Waals surface area (Å²) in [5.41, 5.74) is 0.448. The topological polar surface area (TPSA) is 96.0 Å². The largest absolute Gasteiger partial charge is 0.501 e. The average Bonchev–Trinajstić information content (AvgIpc) is 2.26. The molecule has 15 heavy (non-hydrogen) atoms. The van der Waals surface area contributed by atoms with Gasteiger partial charge in [0, 0.05) is 6.07 Å². The van der Waals surface area contributed by atoms with E-state index in [-0.39, 0.29) is 17.0 Å². The molecular weight excluding hydrogens is 192 g/mol. The van der Waals surface area contributed by atoms with Crippen LogP contribution in [0.4, 0.5) is 5.69 Å². The first kappa shape index (κ1) is 10.2. The van der Waals surface area contributed by atoms with Crippen LogP contribution in [0.1, 0.15) is 5.56 Å². The number of nitriles is 2. The molecule has 5 nitrogen and oxygen atoms in total. The highest BCUT2D eigenvalue weighted by atomic mass is 16.3. The third-order valence-electron chi connectivity index (χ3n) is 1.66. The maximum Gasteiger partial charge on any atom is 0.426 e. The Bertz CT molecular complexity index is 524. The van der Waals surface area contributed by atoms with Gasteiger partial charge in [-0.3, -0.25) is 0 Å². The molecule has 0 fully saturated rings. The zero-order chi connectivity index (χ0) is 11.3. The van der Waals surface area contributed by atoms with Gasteiger partial charge in [-0.1, -0.05) is 0 Å². The Morgan fingerprint density at radius 3 is 2.47 bits per heavy atom. The molecule has 0 aromatic heterocycles. The molecule has 1 rings (SSSR count). The molecule has 70 valence electrons.